The van der Waals surface area contributed by atoms with Crippen LogP contribution < -0.4 is 5.32 Å². The SMILES string of the molecule is Cc1cc(Br)c(NC(=O)c2cc(O)ccc2O)c(Br)c1. The van der Waals surface area contributed by atoms with Gasteiger partial charge in [-0.1, -0.05) is 0 Å². The summed E-state index contributed by atoms with van der Waals surface area (Å²) < 4.78 is 1.44. The van der Waals surface area contributed by atoms with Gasteiger partial charge in [-0.25, -0.2) is 0 Å². The van der Waals surface area contributed by atoms with Crippen LogP contribution >= 0.6 is 31.9 Å². The van der Waals surface area contributed by atoms with E-state index in [0.717, 1.165) is 14.5 Å². The van der Waals surface area contributed by atoms with Crippen molar-refractivity contribution in [2.75, 3.05) is 5.32 Å². The Hall–Kier alpha value is -1.53. The smallest absolute Gasteiger partial charge is 0.259 e. The molecule has 0 bridgehead atoms. The maximum atomic E-state index is 12.2. The molecule has 0 aliphatic rings. The van der Waals surface area contributed by atoms with Gasteiger partial charge in [-0.2, -0.15) is 0 Å². The largest absolute Gasteiger partial charge is 0.508 e. The lowest BCUT2D eigenvalue weighted by molar-refractivity contribution is 0.102. The summed E-state index contributed by atoms with van der Waals surface area (Å²) in [5.74, 6) is -0.793. The van der Waals surface area contributed by atoms with Crippen LogP contribution in [0.2, 0.25) is 0 Å². The zero-order valence-corrected chi connectivity index (χ0v) is 13.6. The molecule has 2 aromatic carbocycles. The third-order valence-corrected chi connectivity index (χ3v) is 3.90. The molecule has 0 aliphatic heterocycles. The summed E-state index contributed by atoms with van der Waals surface area (Å²) in [5.41, 5.74) is 1.59. The van der Waals surface area contributed by atoms with Crippen LogP contribution in [0.4, 0.5) is 5.69 Å². The van der Waals surface area contributed by atoms with E-state index in [4.69, 9.17) is 0 Å². The zero-order chi connectivity index (χ0) is 14.9. The van der Waals surface area contributed by atoms with Gasteiger partial charge in [0, 0.05) is 8.95 Å². The van der Waals surface area contributed by atoms with Crippen molar-refractivity contribution in [3.8, 4) is 11.5 Å². The molecule has 3 N–H and O–H groups in total. The van der Waals surface area contributed by atoms with Crippen LogP contribution in [-0.4, -0.2) is 16.1 Å². The first-order valence-electron chi connectivity index (χ1n) is 5.67. The number of halogens is 2. The van der Waals surface area contributed by atoms with Gasteiger partial charge in [-0.3, -0.25) is 4.79 Å². The third kappa shape index (κ3) is 3.13. The highest BCUT2D eigenvalue weighted by Gasteiger charge is 2.15. The van der Waals surface area contributed by atoms with Crippen molar-refractivity contribution in [3.63, 3.8) is 0 Å². The van der Waals surface area contributed by atoms with Gasteiger partial charge in [-0.05, 0) is 74.7 Å². The van der Waals surface area contributed by atoms with Gasteiger partial charge in [0.25, 0.3) is 5.91 Å². The van der Waals surface area contributed by atoms with Gasteiger partial charge in [0.1, 0.15) is 11.5 Å². The molecule has 0 saturated carbocycles. The summed E-state index contributed by atoms with van der Waals surface area (Å²) in [5, 5.41) is 21.7. The monoisotopic (exact) mass is 399 g/mol. The molecule has 2 rings (SSSR count). The van der Waals surface area contributed by atoms with Crippen LogP contribution in [0.25, 0.3) is 0 Å². The number of aryl methyl sites for hydroxylation is 1. The molecule has 20 heavy (non-hydrogen) atoms. The number of phenolic OH excluding ortho intramolecular Hbond substituents is 2. The first-order chi connectivity index (χ1) is 9.38. The number of phenols is 2. The van der Waals surface area contributed by atoms with E-state index in [9.17, 15) is 15.0 Å². The summed E-state index contributed by atoms with van der Waals surface area (Å²) >= 11 is 6.75. The minimum atomic E-state index is -0.511. The number of anilines is 1. The molecule has 0 fully saturated rings. The second kappa shape index (κ2) is 5.85. The summed E-state index contributed by atoms with van der Waals surface area (Å²) in [6.45, 7) is 1.93. The highest BCUT2D eigenvalue weighted by molar-refractivity contribution is 9.11. The zero-order valence-electron chi connectivity index (χ0n) is 10.4. The van der Waals surface area contributed by atoms with Crippen molar-refractivity contribution >= 4 is 43.5 Å². The van der Waals surface area contributed by atoms with Gasteiger partial charge in [0.15, 0.2) is 0 Å². The molecule has 0 aromatic heterocycles. The number of hydrogen-bond donors (Lipinski definition) is 3. The Balaban J connectivity index is 2.35. The van der Waals surface area contributed by atoms with Crippen LogP contribution in [0.15, 0.2) is 39.3 Å². The van der Waals surface area contributed by atoms with Crippen LogP contribution in [-0.2, 0) is 0 Å². The minimum Gasteiger partial charge on any atom is -0.508 e. The van der Waals surface area contributed by atoms with Gasteiger partial charge >= 0.3 is 0 Å². The lowest BCUT2D eigenvalue weighted by atomic mass is 10.1. The number of carbonyl (C=O) groups is 1. The van der Waals surface area contributed by atoms with E-state index < -0.39 is 5.91 Å². The van der Waals surface area contributed by atoms with Gasteiger partial charge in [0.05, 0.1) is 11.3 Å². The van der Waals surface area contributed by atoms with Crippen molar-refractivity contribution < 1.29 is 15.0 Å². The van der Waals surface area contributed by atoms with E-state index in [1.807, 2.05) is 19.1 Å². The summed E-state index contributed by atoms with van der Waals surface area (Å²) in [6, 6.07) is 7.51. The molecule has 0 radical (unpaired) electrons. The third-order valence-electron chi connectivity index (χ3n) is 2.65. The number of nitrogens with one attached hydrogen (secondary N) is 1. The number of rotatable bonds is 2. The van der Waals surface area contributed by atoms with Crippen LogP contribution in [0.3, 0.4) is 0 Å². The topological polar surface area (TPSA) is 69.6 Å². The van der Waals surface area contributed by atoms with Crippen molar-refractivity contribution in [2.24, 2.45) is 0 Å². The molecule has 6 heteroatoms. The van der Waals surface area contributed by atoms with Gasteiger partial charge in [-0.15, -0.1) is 0 Å². The lowest BCUT2D eigenvalue weighted by Crippen LogP contribution is -2.13. The van der Waals surface area contributed by atoms with Crippen molar-refractivity contribution in [1.29, 1.82) is 0 Å². The molecule has 1 amide bonds. The molecular weight excluding hydrogens is 390 g/mol. The fourth-order valence-electron chi connectivity index (χ4n) is 1.71. The highest BCUT2D eigenvalue weighted by atomic mass is 79.9. The van der Waals surface area contributed by atoms with E-state index in [1.165, 1.54) is 18.2 Å². The Kier molecular flexibility index (Phi) is 4.35. The number of carbonyl (C=O) groups excluding carboxylic acids is 1. The second-order valence-corrected chi connectivity index (χ2v) is 5.97. The van der Waals surface area contributed by atoms with Crippen molar-refractivity contribution in [3.05, 3.63) is 50.4 Å². The predicted octanol–water partition coefficient (Wildman–Crippen LogP) is 4.18. The van der Waals surface area contributed by atoms with Crippen molar-refractivity contribution in [1.82, 2.24) is 0 Å². The summed E-state index contributed by atoms with van der Waals surface area (Å²) in [4.78, 5) is 12.2. The number of aromatic hydroxyl groups is 2. The first-order valence-corrected chi connectivity index (χ1v) is 7.26. The van der Waals surface area contributed by atoms with Gasteiger partial charge < -0.3 is 15.5 Å². The normalized spacial score (nSPS) is 10.3. The average Bonchev–Trinajstić information content (AvgIpc) is 2.36. The fraction of sp³-hybridized carbons (Fsp3) is 0.0714. The first kappa shape index (κ1) is 14.9. The molecule has 0 unspecified atom stereocenters. The molecule has 0 aliphatic carbocycles. The Bertz CT molecular complexity index is 663. The van der Waals surface area contributed by atoms with E-state index in [2.05, 4.69) is 37.2 Å². The number of benzene rings is 2. The molecular formula is C14H11Br2NO3. The van der Waals surface area contributed by atoms with E-state index in [-0.39, 0.29) is 17.1 Å². The molecule has 104 valence electrons. The van der Waals surface area contributed by atoms with Crippen molar-refractivity contribution in [2.45, 2.75) is 6.92 Å². The molecule has 0 heterocycles. The Morgan fingerprint density at radius 1 is 1.10 bits per heavy atom. The average molecular weight is 401 g/mol. The second-order valence-electron chi connectivity index (χ2n) is 4.26. The van der Waals surface area contributed by atoms with Crippen LogP contribution in [0.5, 0.6) is 11.5 Å². The van der Waals surface area contributed by atoms with Crippen LogP contribution in [0, 0.1) is 6.92 Å². The Labute approximate surface area is 132 Å². The Morgan fingerprint density at radius 3 is 2.30 bits per heavy atom. The Morgan fingerprint density at radius 2 is 1.70 bits per heavy atom. The van der Waals surface area contributed by atoms with E-state index >= 15 is 0 Å². The number of amides is 1. The summed E-state index contributed by atoms with van der Waals surface area (Å²) in [7, 11) is 0. The van der Waals surface area contributed by atoms with E-state index in [0.29, 0.717) is 5.69 Å². The standard InChI is InChI=1S/C14H11Br2NO3/c1-7-4-10(15)13(11(16)5-7)17-14(20)9-6-8(18)2-3-12(9)19/h2-6,18-19H,1H3,(H,17,20). The summed E-state index contributed by atoms with van der Waals surface area (Å²) in [6.07, 6.45) is 0. The minimum absolute atomic E-state index is 0.00405. The lowest BCUT2D eigenvalue weighted by Gasteiger charge is -2.11. The number of hydrogen-bond acceptors (Lipinski definition) is 3. The van der Waals surface area contributed by atoms with Crippen LogP contribution in [0.1, 0.15) is 15.9 Å². The maximum Gasteiger partial charge on any atom is 0.259 e. The van der Waals surface area contributed by atoms with E-state index in [1.54, 1.807) is 0 Å². The molecule has 0 atom stereocenters. The van der Waals surface area contributed by atoms with Gasteiger partial charge in [0.2, 0.25) is 0 Å². The quantitative estimate of drug-likeness (QED) is 0.662. The highest BCUT2D eigenvalue weighted by Crippen LogP contribution is 2.33. The molecule has 4 nitrogen and oxygen atoms in total. The maximum absolute atomic E-state index is 12.2. The molecule has 2 aromatic rings. The fourth-order valence-corrected chi connectivity index (χ4v) is 3.32. The molecule has 0 spiro atoms. The predicted molar refractivity (Wildman–Crippen MR) is 84.3 cm³/mol. The molecule has 0 saturated heterocycles.